The molecule has 3 unspecified atom stereocenters. The van der Waals surface area contributed by atoms with Crippen LogP contribution in [0, 0.1) is 11.3 Å². The molecule has 1 heterocycles. The maximum Gasteiger partial charge on any atom is 0.108 e. The van der Waals surface area contributed by atoms with Gasteiger partial charge in [0.25, 0.3) is 0 Å². The van der Waals surface area contributed by atoms with Crippen LogP contribution in [0.4, 0.5) is 0 Å². The zero-order valence-corrected chi connectivity index (χ0v) is 13.0. The zero-order valence-electron chi connectivity index (χ0n) is 13.0. The summed E-state index contributed by atoms with van der Waals surface area (Å²) in [7, 11) is 0. The van der Waals surface area contributed by atoms with E-state index in [1.54, 1.807) is 0 Å². The van der Waals surface area contributed by atoms with Gasteiger partial charge in [0.1, 0.15) is 5.54 Å². The van der Waals surface area contributed by atoms with Gasteiger partial charge in [0.15, 0.2) is 0 Å². The molecule has 2 aliphatic rings. The van der Waals surface area contributed by atoms with Gasteiger partial charge in [-0.1, -0.05) is 13.8 Å². The molecule has 1 aliphatic heterocycles. The lowest BCUT2D eigenvalue weighted by molar-refractivity contribution is 0.0591. The first-order valence-electron chi connectivity index (χ1n) is 8.25. The highest BCUT2D eigenvalue weighted by Crippen LogP contribution is 2.33. The van der Waals surface area contributed by atoms with Crippen LogP contribution in [-0.2, 0) is 4.74 Å². The smallest absolute Gasteiger partial charge is 0.108 e. The fourth-order valence-corrected chi connectivity index (χ4v) is 3.58. The van der Waals surface area contributed by atoms with Crippen LogP contribution in [-0.4, -0.2) is 48.8 Å². The lowest BCUT2D eigenvalue weighted by Crippen LogP contribution is -2.45. The first-order valence-corrected chi connectivity index (χ1v) is 8.25. The highest BCUT2D eigenvalue weighted by molar-refractivity contribution is 5.13. The Balaban J connectivity index is 1.89. The minimum absolute atomic E-state index is 0.287. The largest absolute Gasteiger partial charge is 0.377 e. The SMILES string of the molecule is CCCNC1(C#N)CCC(N(CC)CC2CCCO2)C1. The van der Waals surface area contributed by atoms with Crippen molar-refractivity contribution in [2.24, 2.45) is 0 Å². The maximum atomic E-state index is 9.54. The Morgan fingerprint density at radius 1 is 1.40 bits per heavy atom. The summed E-state index contributed by atoms with van der Waals surface area (Å²) in [6, 6.07) is 3.08. The molecule has 1 aliphatic carbocycles. The minimum Gasteiger partial charge on any atom is -0.377 e. The van der Waals surface area contributed by atoms with Crippen LogP contribution in [0.3, 0.4) is 0 Å². The van der Waals surface area contributed by atoms with Gasteiger partial charge >= 0.3 is 0 Å². The molecule has 114 valence electrons. The second-order valence-corrected chi connectivity index (χ2v) is 6.24. The van der Waals surface area contributed by atoms with Crippen molar-refractivity contribution in [2.75, 3.05) is 26.2 Å². The van der Waals surface area contributed by atoms with Crippen molar-refractivity contribution in [1.82, 2.24) is 10.2 Å². The molecule has 0 bridgehead atoms. The van der Waals surface area contributed by atoms with Gasteiger partial charge in [-0.05, 0) is 51.6 Å². The molecule has 0 aromatic rings. The second-order valence-electron chi connectivity index (χ2n) is 6.24. The molecule has 0 amide bonds. The Labute approximate surface area is 123 Å². The normalized spacial score (nSPS) is 33.7. The summed E-state index contributed by atoms with van der Waals surface area (Å²) in [5, 5.41) is 13.0. The van der Waals surface area contributed by atoms with Gasteiger partial charge in [0.2, 0.25) is 0 Å². The number of nitrogens with zero attached hydrogens (tertiary/aromatic N) is 2. The van der Waals surface area contributed by atoms with Crippen LogP contribution < -0.4 is 5.32 Å². The van der Waals surface area contributed by atoms with Gasteiger partial charge in [0.05, 0.1) is 12.2 Å². The summed E-state index contributed by atoms with van der Waals surface area (Å²) < 4.78 is 5.77. The molecule has 2 fully saturated rings. The van der Waals surface area contributed by atoms with Crippen LogP contribution in [0.5, 0.6) is 0 Å². The fourth-order valence-electron chi connectivity index (χ4n) is 3.58. The summed E-state index contributed by atoms with van der Waals surface area (Å²) in [5.41, 5.74) is -0.287. The number of hydrogen-bond donors (Lipinski definition) is 1. The topological polar surface area (TPSA) is 48.3 Å². The van der Waals surface area contributed by atoms with E-state index in [4.69, 9.17) is 4.74 Å². The third-order valence-corrected chi connectivity index (χ3v) is 4.80. The van der Waals surface area contributed by atoms with E-state index in [1.807, 2.05) is 0 Å². The molecule has 1 saturated carbocycles. The van der Waals surface area contributed by atoms with Crippen LogP contribution >= 0.6 is 0 Å². The Morgan fingerprint density at radius 3 is 2.85 bits per heavy atom. The quantitative estimate of drug-likeness (QED) is 0.777. The minimum atomic E-state index is -0.287. The molecule has 0 radical (unpaired) electrons. The van der Waals surface area contributed by atoms with E-state index in [2.05, 4.69) is 30.1 Å². The van der Waals surface area contributed by atoms with Crippen LogP contribution in [0.25, 0.3) is 0 Å². The van der Waals surface area contributed by atoms with Gasteiger partial charge in [-0.15, -0.1) is 0 Å². The van der Waals surface area contributed by atoms with Crippen molar-refractivity contribution in [1.29, 1.82) is 5.26 Å². The molecular weight excluding hydrogens is 250 g/mol. The highest BCUT2D eigenvalue weighted by atomic mass is 16.5. The maximum absolute atomic E-state index is 9.54. The standard InChI is InChI=1S/C16H29N3O/c1-3-9-18-16(13-17)8-7-14(11-16)19(4-2)12-15-6-5-10-20-15/h14-15,18H,3-12H2,1-2H3. The predicted molar refractivity (Wildman–Crippen MR) is 80.5 cm³/mol. The van der Waals surface area contributed by atoms with Crippen LogP contribution in [0.2, 0.25) is 0 Å². The molecule has 1 N–H and O–H groups in total. The Kier molecular flexibility index (Phi) is 5.83. The van der Waals surface area contributed by atoms with Crippen molar-refractivity contribution in [3.8, 4) is 6.07 Å². The predicted octanol–water partition coefficient (Wildman–Crippen LogP) is 2.30. The second kappa shape index (κ2) is 7.40. The van der Waals surface area contributed by atoms with E-state index in [-0.39, 0.29) is 5.54 Å². The zero-order chi connectivity index (χ0) is 14.4. The highest BCUT2D eigenvalue weighted by Gasteiger charge is 2.41. The van der Waals surface area contributed by atoms with Crippen LogP contribution in [0.1, 0.15) is 52.4 Å². The molecule has 4 nitrogen and oxygen atoms in total. The number of nitriles is 1. The molecule has 0 aromatic carbocycles. The molecular formula is C16H29N3O. The first-order chi connectivity index (χ1) is 9.73. The summed E-state index contributed by atoms with van der Waals surface area (Å²) >= 11 is 0. The molecule has 4 heteroatoms. The number of likely N-dealkylation sites (N-methyl/N-ethyl adjacent to an activating group) is 1. The van der Waals surface area contributed by atoms with E-state index in [0.29, 0.717) is 12.1 Å². The van der Waals surface area contributed by atoms with E-state index in [0.717, 1.165) is 51.9 Å². The van der Waals surface area contributed by atoms with Crippen LogP contribution in [0.15, 0.2) is 0 Å². The number of rotatable bonds is 7. The molecule has 0 spiro atoms. The van der Waals surface area contributed by atoms with E-state index >= 15 is 0 Å². The lowest BCUT2D eigenvalue weighted by Gasteiger charge is -2.31. The Bertz CT molecular complexity index is 335. The molecule has 2 rings (SSSR count). The molecule has 3 atom stereocenters. The monoisotopic (exact) mass is 279 g/mol. The summed E-state index contributed by atoms with van der Waals surface area (Å²) in [5.74, 6) is 0. The lowest BCUT2D eigenvalue weighted by atomic mass is 9.99. The van der Waals surface area contributed by atoms with Gasteiger partial charge < -0.3 is 4.74 Å². The fraction of sp³-hybridized carbons (Fsp3) is 0.938. The van der Waals surface area contributed by atoms with Crippen molar-refractivity contribution < 1.29 is 4.74 Å². The van der Waals surface area contributed by atoms with Crippen molar-refractivity contribution in [2.45, 2.75) is 70.1 Å². The van der Waals surface area contributed by atoms with E-state index in [1.165, 1.54) is 12.8 Å². The summed E-state index contributed by atoms with van der Waals surface area (Å²) in [6.07, 6.45) is 6.97. The van der Waals surface area contributed by atoms with Gasteiger partial charge in [-0.2, -0.15) is 5.26 Å². The van der Waals surface area contributed by atoms with Crippen molar-refractivity contribution in [3.05, 3.63) is 0 Å². The molecule has 20 heavy (non-hydrogen) atoms. The third-order valence-electron chi connectivity index (χ3n) is 4.80. The number of nitrogens with one attached hydrogen (secondary N) is 1. The first kappa shape index (κ1) is 15.8. The van der Waals surface area contributed by atoms with Gasteiger partial charge in [-0.25, -0.2) is 0 Å². The molecule has 1 saturated heterocycles. The van der Waals surface area contributed by atoms with Crippen molar-refractivity contribution >= 4 is 0 Å². The number of hydrogen-bond acceptors (Lipinski definition) is 4. The van der Waals surface area contributed by atoms with Gasteiger partial charge in [0, 0.05) is 19.2 Å². The average Bonchev–Trinajstić information content (AvgIpc) is 3.13. The van der Waals surface area contributed by atoms with E-state index in [9.17, 15) is 5.26 Å². The average molecular weight is 279 g/mol. The Morgan fingerprint density at radius 2 is 2.25 bits per heavy atom. The third kappa shape index (κ3) is 3.72. The van der Waals surface area contributed by atoms with Gasteiger partial charge in [-0.3, -0.25) is 10.2 Å². The Hall–Kier alpha value is -0.630. The van der Waals surface area contributed by atoms with Crippen molar-refractivity contribution in [3.63, 3.8) is 0 Å². The molecule has 0 aromatic heterocycles. The number of ether oxygens (including phenoxy) is 1. The summed E-state index contributed by atoms with van der Waals surface area (Å²) in [6.45, 7) is 8.34. The van der Waals surface area contributed by atoms with E-state index < -0.39 is 0 Å². The summed E-state index contributed by atoms with van der Waals surface area (Å²) in [4.78, 5) is 2.53.